The summed E-state index contributed by atoms with van der Waals surface area (Å²) in [6, 6.07) is 9.11. The molecule has 0 radical (unpaired) electrons. The molecule has 20 heavy (non-hydrogen) atoms. The first-order chi connectivity index (χ1) is 9.58. The van der Waals surface area contributed by atoms with Crippen LogP contribution in [-0.2, 0) is 13.0 Å². The number of carboxylic acid groups (broad SMARTS) is 1. The molecule has 2 aromatic rings. The zero-order valence-corrected chi connectivity index (χ0v) is 10.8. The largest absolute Gasteiger partial charge is 0.477 e. The summed E-state index contributed by atoms with van der Waals surface area (Å²) in [6.07, 6.45) is 2.81. The van der Waals surface area contributed by atoms with Crippen LogP contribution in [0.5, 0.6) is 0 Å². The Kier molecular flexibility index (Phi) is 4.30. The maximum absolute atomic E-state index is 13.0. The van der Waals surface area contributed by atoms with E-state index in [1.807, 2.05) is 6.07 Å². The number of aromatic carboxylic acids is 1. The average molecular weight is 275 g/mol. The Morgan fingerprint density at radius 1 is 1.25 bits per heavy atom. The van der Waals surface area contributed by atoms with Gasteiger partial charge in [0.1, 0.15) is 11.4 Å². The lowest BCUT2D eigenvalue weighted by Crippen LogP contribution is -2.25. The maximum atomic E-state index is 13.0. The fourth-order valence-electron chi connectivity index (χ4n) is 2.02. The molecular weight excluding hydrogens is 261 g/mol. The summed E-state index contributed by atoms with van der Waals surface area (Å²) in [5, 5.41) is 8.87. The first-order valence-electron chi connectivity index (χ1n) is 6.25. The van der Waals surface area contributed by atoms with Gasteiger partial charge in [-0.15, -0.1) is 0 Å². The van der Waals surface area contributed by atoms with Crippen LogP contribution < -0.4 is 5.56 Å². The van der Waals surface area contributed by atoms with Gasteiger partial charge in [0.15, 0.2) is 0 Å². The zero-order valence-electron chi connectivity index (χ0n) is 10.8. The van der Waals surface area contributed by atoms with E-state index in [-0.39, 0.29) is 11.4 Å². The third-order valence-electron chi connectivity index (χ3n) is 3.00. The molecule has 0 saturated carbocycles. The second-order valence-electron chi connectivity index (χ2n) is 4.46. The number of carboxylic acids is 1. The number of pyridine rings is 1. The molecule has 1 aromatic heterocycles. The van der Waals surface area contributed by atoms with Crippen LogP contribution in [0.2, 0.25) is 0 Å². The average Bonchev–Trinajstić information content (AvgIpc) is 2.40. The van der Waals surface area contributed by atoms with Gasteiger partial charge in [-0.2, -0.15) is 0 Å². The van der Waals surface area contributed by atoms with Crippen molar-refractivity contribution in [2.45, 2.75) is 19.4 Å². The first kappa shape index (κ1) is 14.0. The summed E-state index contributed by atoms with van der Waals surface area (Å²) in [4.78, 5) is 22.7. The van der Waals surface area contributed by atoms with E-state index in [0.717, 1.165) is 5.56 Å². The predicted molar refractivity (Wildman–Crippen MR) is 72.4 cm³/mol. The second-order valence-corrected chi connectivity index (χ2v) is 4.46. The molecule has 4 nitrogen and oxygen atoms in total. The molecule has 0 fully saturated rings. The number of halogens is 1. The highest BCUT2D eigenvalue weighted by molar-refractivity contribution is 5.86. The Hall–Kier alpha value is -2.43. The number of benzene rings is 1. The van der Waals surface area contributed by atoms with Gasteiger partial charge < -0.3 is 9.67 Å². The van der Waals surface area contributed by atoms with Crippen LogP contribution in [0.3, 0.4) is 0 Å². The van der Waals surface area contributed by atoms with Crippen molar-refractivity contribution in [3.8, 4) is 0 Å². The molecule has 5 heteroatoms. The van der Waals surface area contributed by atoms with Crippen LogP contribution >= 0.6 is 0 Å². The second kappa shape index (κ2) is 6.14. The number of hydrogen-bond acceptors (Lipinski definition) is 2. The molecule has 0 aliphatic rings. The number of aryl methyl sites for hydroxylation is 2. The maximum Gasteiger partial charge on any atom is 0.341 e. The molecule has 1 heterocycles. The molecule has 0 amide bonds. The van der Waals surface area contributed by atoms with Gasteiger partial charge in [0, 0.05) is 12.7 Å². The molecule has 104 valence electrons. The molecule has 0 spiro atoms. The Balaban J connectivity index is 2.03. The molecule has 0 aliphatic carbocycles. The van der Waals surface area contributed by atoms with Gasteiger partial charge in [-0.05, 0) is 42.7 Å². The van der Waals surface area contributed by atoms with E-state index in [2.05, 4.69) is 0 Å². The van der Waals surface area contributed by atoms with Gasteiger partial charge in [-0.3, -0.25) is 4.79 Å². The Morgan fingerprint density at radius 2 is 2.05 bits per heavy atom. The minimum absolute atomic E-state index is 0.238. The van der Waals surface area contributed by atoms with E-state index >= 15 is 0 Å². The minimum Gasteiger partial charge on any atom is -0.477 e. The van der Waals surface area contributed by atoms with Gasteiger partial charge in [-0.25, -0.2) is 9.18 Å². The molecule has 0 aliphatic heterocycles. The smallest absolute Gasteiger partial charge is 0.341 e. The molecule has 2 rings (SSSR count). The van der Waals surface area contributed by atoms with E-state index in [1.54, 1.807) is 12.3 Å². The summed E-state index contributed by atoms with van der Waals surface area (Å²) in [5.41, 5.74) is 0.102. The van der Waals surface area contributed by atoms with Crippen LogP contribution in [-0.4, -0.2) is 15.6 Å². The van der Waals surface area contributed by atoms with Crippen molar-refractivity contribution >= 4 is 5.97 Å². The van der Waals surface area contributed by atoms with Gasteiger partial charge in [0.25, 0.3) is 5.56 Å². The van der Waals surface area contributed by atoms with Gasteiger partial charge in [-0.1, -0.05) is 12.1 Å². The van der Waals surface area contributed by atoms with Crippen molar-refractivity contribution in [3.05, 3.63) is 69.9 Å². The summed E-state index contributed by atoms with van der Waals surface area (Å²) >= 11 is 0. The molecule has 0 atom stereocenters. The summed E-state index contributed by atoms with van der Waals surface area (Å²) in [7, 11) is 0. The third-order valence-corrected chi connectivity index (χ3v) is 3.00. The van der Waals surface area contributed by atoms with E-state index in [0.29, 0.717) is 19.4 Å². The van der Waals surface area contributed by atoms with Crippen molar-refractivity contribution in [1.29, 1.82) is 0 Å². The fourth-order valence-corrected chi connectivity index (χ4v) is 2.02. The third kappa shape index (κ3) is 3.32. The van der Waals surface area contributed by atoms with Crippen molar-refractivity contribution in [2.75, 3.05) is 0 Å². The van der Waals surface area contributed by atoms with Crippen LogP contribution in [0.1, 0.15) is 22.3 Å². The topological polar surface area (TPSA) is 59.3 Å². The number of hydrogen-bond donors (Lipinski definition) is 1. The van der Waals surface area contributed by atoms with Crippen molar-refractivity contribution in [3.63, 3.8) is 0 Å². The zero-order chi connectivity index (χ0) is 14.5. The van der Waals surface area contributed by atoms with Crippen molar-refractivity contribution in [2.24, 2.45) is 0 Å². The highest BCUT2D eigenvalue weighted by atomic mass is 19.1. The Labute approximate surface area is 115 Å². The quantitative estimate of drug-likeness (QED) is 0.911. The van der Waals surface area contributed by atoms with Crippen molar-refractivity contribution in [1.82, 2.24) is 4.57 Å². The lowest BCUT2D eigenvalue weighted by atomic mass is 10.1. The standard InChI is InChI=1S/C15H14FNO3/c16-12-6-1-4-11(10-12)5-2-8-17-9-3-7-13(14(17)18)15(19)20/h1,3-4,6-7,9-10H,2,5,8H2,(H,19,20). The number of carbonyl (C=O) groups is 1. The number of rotatable bonds is 5. The Bertz CT molecular complexity index is 679. The fraction of sp³-hybridized carbons (Fsp3) is 0.200. The lowest BCUT2D eigenvalue weighted by Gasteiger charge is -2.06. The Morgan fingerprint density at radius 3 is 2.75 bits per heavy atom. The van der Waals surface area contributed by atoms with E-state index in [9.17, 15) is 14.0 Å². The van der Waals surface area contributed by atoms with E-state index in [4.69, 9.17) is 5.11 Å². The normalized spacial score (nSPS) is 10.4. The van der Waals surface area contributed by atoms with Crippen LogP contribution in [0.4, 0.5) is 4.39 Å². The molecule has 0 saturated heterocycles. The first-order valence-corrected chi connectivity index (χ1v) is 6.25. The van der Waals surface area contributed by atoms with Gasteiger partial charge in [0.05, 0.1) is 0 Å². The van der Waals surface area contributed by atoms with Gasteiger partial charge in [0.2, 0.25) is 0 Å². The predicted octanol–water partition coefficient (Wildman–Crippen LogP) is 2.32. The van der Waals surface area contributed by atoms with E-state index < -0.39 is 11.5 Å². The van der Waals surface area contributed by atoms with Crippen molar-refractivity contribution < 1.29 is 14.3 Å². The highest BCUT2D eigenvalue weighted by Gasteiger charge is 2.09. The molecule has 0 bridgehead atoms. The SMILES string of the molecule is O=C(O)c1cccn(CCCc2cccc(F)c2)c1=O. The lowest BCUT2D eigenvalue weighted by molar-refractivity contribution is 0.0694. The summed E-state index contributed by atoms with van der Waals surface area (Å²) in [5.74, 6) is -1.51. The monoisotopic (exact) mass is 275 g/mol. The van der Waals surface area contributed by atoms with Gasteiger partial charge >= 0.3 is 5.97 Å². The molecule has 0 unspecified atom stereocenters. The molecule has 1 N–H and O–H groups in total. The summed E-state index contributed by atoms with van der Waals surface area (Å²) < 4.78 is 14.4. The minimum atomic E-state index is -1.23. The molecular formula is C15H14FNO3. The number of aromatic nitrogens is 1. The van der Waals surface area contributed by atoms with E-state index in [1.165, 1.54) is 28.8 Å². The number of nitrogens with zero attached hydrogens (tertiary/aromatic N) is 1. The van der Waals surface area contributed by atoms with Crippen LogP contribution in [0, 0.1) is 5.82 Å². The molecule has 1 aromatic carbocycles. The van der Waals surface area contributed by atoms with Crippen LogP contribution in [0.15, 0.2) is 47.4 Å². The highest BCUT2D eigenvalue weighted by Crippen LogP contribution is 2.06. The van der Waals surface area contributed by atoms with Crippen LogP contribution in [0.25, 0.3) is 0 Å². The summed E-state index contributed by atoms with van der Waals surface area (Å²) in [6.45, 7) is 0.399.